The van der Waals surface area contributed by atoms with E-state index in [9.17, 15) is 4.79 Å². The highest BCUT2D eigenvalue weighted by Crippen LogP contribution is 2.27. The molecule has 0 aliphatic carbocycles. The molecule has 0 unspecified atom stereocenters. The van der Waals surface area contributed by atoms with Crippen LogP contribution in [-0.2, 0) is 4.79 Å². The number of ether oxygens (including phenoxy) is 1. The Hall–Kier alpha value is -1.31. The van der Waals surface area contributed by atoms with Crippen molar-refractivity contribution < 1.29 is 9.53 Å². The van der Waals surface area contributed by atoms with E-state index in [1.165, 1.54) is 11.1 Å². The van der Waals surface area contributed by atoms with Gasteiger partial charge in [0.1, 0.15) is 5.75 Å². The van der Waals surface area contributed by atoms with Crippen molar-refractivity contribution in [2.45, 2.75) is 27.7 Å². The minimum Gasteiger partial charge on any atom is -0.428 e. The second-order valence-corrected chi connectivity index (χ2v) is 3.30. The SMILES string of the molecule is Cc1cc(C)c(OC=O)c(C)c1C. The van der Waals surface area contributed by atoms with Gasteiger partial charge in [0.15, 0.2) is 0 Å². The first-order valence-corrected chi connectivity index (χ1v) is 4.25. The molecule has 0 aliphatic heterocycles. The number of benzene rings is 1. The fourth-order valence-corrected chi connectivity index (χ4v) is 1.49. The minimum atomic E-state index is 0.476. The maximum absolute atomic E-state index is 10.3. The molecule has 0 aromatic heterocycles. The van der Waals surface area contributed by atoms with Gasteiger partial charge >= 0.3 is 0 Å². The summed E-state index contributed by atoms with van der Waals surface area (Å²) in [6, 6.07) is 2.03. The van der Waals surface area contributed by atoms with Crippen molar-refractivity contribution in [3.05, 3.63) is 28.3 Å². The lowest BCUT2D eigenvalue weighted by Crippen LogP contribution is -1.98. The van der Waals surface area contributed by atoms with Gasteiger partial charge in [0.25, 0.3) is 6.47 Å². The molecule has 0 saturated heterocycles. The van der Waals surface area contributed by atoms with Crippen molar-refractivity contribution in [1.82, 2.24) is 0 Å². The summed E-state index contributed by atoms with van der Waals surface area (Å²) in [7, 11) is 0. The first-order chi connectivity index (χ1) is 6.07. The quantitative estimate of drug-likeness (QED) is 0.650. The first-order valence-electron chi connectivity index (χ1n) is 4.25. The van der Waals surface area contributed by atoms with Crippen molar-refractivity contribution in [1.29, 1.82) is 0 Å². The molecular formula is C11H14O2. The highest BCUT2D eigenvalue weighted by molar-refractivity contribution is 5.54. The van der Waals surface area contributed by atoms with E-state index in [0.29, 0.717) is 12.2 Å². The Morgan fingerprint density at radius 2 is 1.69 bits per heavy atom. The Labute approximate surface area is 78.5 Å². The van der Waals surface area contributed by atoms with E-state index < -0.39 is 0 Å². The zero-order chi connectivity index (χ0) is 10.0. The van der Waals surface area contributed by atoms with Gasteiger partial charge in [-0.1, -0.05) is 6.07 Å². The summed E-state index contributed by atoms with van der Waals surface area (Å²) in [4.78, 5) is 10.3. The summed E-state index contributed by atoms with van der Waals surface area (Å²) < 4.78 is 4.92. The van der Waals surface area contributed by atoms with E-state index in [2.05, 4.69) is 6.92 Å². The third kappa shape index (κ3) is 1.72. The van der Waals surface area contributed by atoms with Crippen molar-refractivity contribution >= 4 is 6.47 Å². The number of aryl methyl sites for hydroxylation is 2. The average molecular weight is 178 g/mol. The molecule has 2 nitrogen and oxygen atoms in total. The van der Waals surface area contributed by atoms with Gasteiger partial charge in [0.2, 0.25) is 0 Å². The minimum absolute atomic E-state index is 0.476. The molecular weight excluding hydrogens is 164 g/mol. The van der Waals surface area contributed by atoms with Gasteiger partial charge in [-0.2, -0.15) is 0 Å². The molecule has 0 spiro atoms. The van der Waals surface area contributed by atoms with Crippen molar-refractivity contribution in [2.24, 2.45) is 0 Å². The van der Waals surface area contributed by atoms with Crippen LogP contribution in [0.4, 0.5) is 0 Å². The number of rotatable bonds is 2. The summed E-state index contributed by atoms with van der Waals surface area (Å²) in [5.41, 5.74) is 4.47. The fourth-order valence-electron chi connectivity index (χ4n) is 1.49. The average Bonchev–Trinajstić information content (AvgIpc) is 2.09. The van der Waals surface area contributed by atoms with Crippen LogP contribution in [0.3, 0.4) is 0 Å². The summed E-state index contributed by atoms with van der Waals surface area (Å²) in [5, 5.41) is 0. The maximum atomic E-state index is 10.3. The van der Waals surface area contributed by atoms with E-state index >= 15 is 0 Å². The molecule has 0 saturated carbocycles. The summed E-state index contributed by atoms with van der Waals surface area (Å²) in [5.74, 6) is 0.693. The van der Waals surface area contributed by atoms with Crippen LogP contribution in [0.25, 0.3) is 0 Å². The van der Waals surface area contributed by atoms with Crippen molar-refractivity contribution in [3.63, 3.8) is 0 Å². The van der Waals surface area contributed by atoms with E-state index in [-0.39, 0.29) is 0 Å². The van der Waals surface area contributed by atoms with Crippen LogP contribution < -0.4 is 4.74 Å². The molecule has 0 fully saturated rings. The lowest BCUT2D eigenvalue weighted by atomic mass is 10.00. The number of hydrogen-bond donors (Lipinski definition) is 0. The molecule has 0 aliphatic rings. The Bertz CT molecular complexity index is 340. The topological polar surface area (TPSA) is 26.3 Å². The Morgan fingerprint density at radius 3 is 2.23 bits per heavy atom. The Balaban J connectivity index is 3.34. The number of carbonyl (C=O) groups excluding carboxylic acids is 1. The molecule has 0 amide bonds. The van der Waals surface area contributed by atoms with E-state index in [4.69, 9.17) is 4.74 Å². The Morgan fingerprint density at radius 1 is 1.08 bits per heavy atom. The summed E-state index contributed by atoms with van der Waals surface area (Å²) >= 11 is 0. The lowest BCUT2D eigenvalue weighted by molar-refractivity contribution is -0.120. The number of hydrogen-bond acceptors (Lipinski definition) is 2. The third-order valence-corrected chi connectivity index (χ3v) is 2.45. The third-order valence-electron chi connectivity index (χ3n) is 2.45. The van der Waals surface area contributed by atoms with Gasteiger partial charge in [-0.25, -0.2) is 0 Å². The molecule has 0 radical (unpaired) electrons. The lowest BCUT2D eigenvalue weighted by Gasteiger charge is -2.12. The van der Waals surface area contributed by atoms with Gasteiger partial charge in [-0.15, -0.1) is 0 Å². The molecule has 70 valence electrons. The normalized spacial score (nSPS) is 9.85. The standard InChI is InChI=1S/C11H14O2/c1-7-5-8(2)11(13-6-12)10(4)9(7)3/h5-6H,1-4H3. The predicted octanol–water partition coefficient (Wildman–Crippen LogP) is 2.46. The molecule has 2 heteroatoms. The van der Waals surface area contributed by atoms with Crippen molar-refractivity contribution in [3.8, 4) is 5.75 Å². The van der Waals surface area contributed by atoms with E-state index in [0.717, 1.165) is 11.1 Å². The predicted molar refractivity (Wildman–Crippen MR) is 52.1 cm³/mol. The van der Waals surface area contributed by atoms with Gasteiger partial charge < -0.3 is 4.74 Å². The maximum Gasteiger partial charge on any atom is 0.298 e. The van der Waals surface area contributed by atoms with Crippen LogP contribution in [0, 0.1) is 27.7 Å². The molecule has 0 heterocycles. The monoisotopic (exact) mass is 178 g/mol. The van der Waals surface area contributed by atoms with E-state index in [1.54, 1.807) is 0 Å². The highest BCUT2D eigenvalue weighted by Gasteiger charge is 2.08. The molecule has 13 heavy (non-hydrogen) atoms. The van der Waals surface area contributed by atoms with Crippen molar-refractivity contribution in [2.75, 3.05) is 0 Å². The van der Waals surface area contributed by atoms with Gasteiger partial charge in [-0.3, -0.25) is 4.79 Å². The zero-order valence-electron chi connectivity index (χ0n) is 8.47. The van der Waals surface area contributed by atoms with Gasteiger partial charge in [0, 0.05) is 0 Å². The first kappa shape index (κ1) is 9.78. The Kier molecular flexibility index (Phi) is 2.71. The molecule has 1 aromatic rings. The van der Waals surface area contributed by atoms with Crippen LogP contribution in [-0.4, -0.2) is 6.47 Å². The highest BCUT2D eigenvalue weighted by atomic mass is 16.5. The fraction of sp³-hybridized carbons (Fsp3) is 0.364. The summed E-state index contributed by atoms with van der Waals surface area (Å²) in [6.07, 6.45) is 0. The zero-order valence-corrected chi connectivity index (χ0v) is 8.47. The molecule has 1 aromatic carbocycles. The smallest absolute Gasteiger partial charge is 0.298 e. The van der Waals surface area contributed by atoms with Gasteiger partial charge in [-0.05, 0) is 49.9 Å². The molecule has 0 bridgehead atoms. The van der Waals surface area contributed by atoms with E-state index in [1.807, 2.05) is 26.8 Å². The summed E-state index contributed by atoms with van der Waals surface area (Å²) in [6.45, 7) is 8.47. The second kappa shape index (κ2) is 3.60. The van der Waals surface area contributed by atoms with Crippen LogP contribution in [0.15, 0.2) is 6.07 Å². The largest absolute Gasteiger partial charge is 0.428 e. The second-order valence-electron chi connectivity index (χ2n) is 3.30. The van der Waals surface area contributed by atoms with Crippen LogP contribution >= 0.6 is 0 Å². The molecule has 1 rings (SSSR count). The number of carbonyl (C=O) groups is 1. The van der Waals surface area contributed by atoms with Crippen LogP contribution in [0.5, 0.6) is 5.75 Å². The molecule has 0 atom stereocenters. The molecule has 0 N–H and O–H groups in total. The van der Waals surface area contributed by atoms with Crippen LogP contribution in [0.2, 0.25) is 0 Å². The van der Waals surface area contributed by atoms with Crippen LogP contribution in [0.1, 0.15) is 22.3 Å². The van der Waals surface area contributed by atoms with Gasteiger partial charge in [0.05, 0.1) is 0 Å².